The first kappa shape index (κ1) is 29.0. The molecule has 1 unspecified atom stereocenters. The van der Waals surface area contributed by atoms with E-state index in [2.05, 4.69) is 5.32 Å². The SMILES string of the molecule is CCOc1ccccc1N(CC(=O)N(CCc1ccccc1)C(C)C(=O)NC)S(=O)(=O)c1ccc(Cl)cc1. The molecule has 10 heteroatoms. The van der Waals surface area contributed by atoms with Crippen molar-refractivity contribution in [2.24, 2.45) is 0 Å². The number of likely N-dealkylation sites (N-methyl/N-ethyl adjacent to an activating group) is 1. The molecule has 0 aliphatic rings. The summed E-state index contributed by atoms with van der Waals surface area (Å²) < 4.78 is 34.5. The lowest BCUT2D eigenvalue weighted by Crippen LogP contribution is -2.51. The molecule has 0 saturated carbocycles. The Morgan fingerprint density at radius 2 is 1.61 bits per heavy atom. The molecule has 0 radical (unpaired) electrons. The average molecular weight is 558 g/mol. The molecule has 3 rings (SSSR count). The predicted octanol–water partition coefficient (Wildman–Crippen LogP) is 4.14. The Morgan fingerprint density at radius 3 is 2.24 bits per heavy atom. The minimum atomic E-state index is -4.21. The zero-order valence-electron chi connectivity index (χ0n) is 21.6. The molecule has 0 heterocycles. The number of para-hydroxylation sites is 2. The number of rotatable bonds is 12. The smallest absolute Gasteiger partial charge is 0.264 e. The molecule has 0 aliphatic heterocycles. The third-order valence-electron chi connectivity index (χ3n) is 6.01. The molecule has 2 amide bonds. The summed E-state index contributed by atoms with van der Waals surface area (Å²) in [7, 11) is -2.72. The number of benzene rings is 3. The van der Waals surface area contributed by atoms with Crippen molar-refractivity contribution in [2.75, 3.05) is 31.0 Å². The fourth-order valence-corrected chi connectivity index (χ4v) is 5.52. The normalized spacial score (nSPS) is 11.9. The number of halogens is 1. The Hall–Kier alpha value is -3.56. The van der Waals surface area contributed by atoms with Crippen LogP contribution in [0.4, 0.5) is 5.69 Å². The maximum atomic E-state index is 13.9. The van der Waals surface area contributed by atoms with Crippen LogP contribution in [0.25, 0.3) is 0 Å². The van der Waals surface area contributed by atoms with Crippen LogP contribution in [0.1, 0.15) is 19.4 Å². The van der Waals surface area contributed by atoms with Crippen LogP contribution in [0.2, 0.25) is 5.02 Å². The van der Waals surface area contributed by atoms with Gasteiger partial charge in [-0.3, -0.25) is 13.9 Å². The van der Waals surface area contributed by atoms with Crippen molar-refractivity contribution in [3.8, 4) is 5.75 Å². The van der Waals surface area contributed by atoms with E-state index >= 15 is 0 Å². The number of carbonyl (C=O) groups is 2. The molecule has 0 fully saturated rings. The van der Waals surface area contributed by atoms with Gasteiger partial charge in [0.1, 0.15) is 18.3 Å². The standard InChI is InChI=1S/C28H32ClN3O5S/c1-4-37-26-13-9-8-12-25(26)32(38(35,36)24-16-14-23(29)15-17-24)20-27(33)31(21(2)28(34)30-3)19-18-22-10-6-5-7-11-22/h5-17,21H,4,18-20H2,1-3H3,(H,30,34). The molecule has 202 valence electrons. The summed E-state index contributed by atoms with van der Waals surface area (Å²) in [6.45, 7) is 3.39. The predicted molar refractivity (Wildman–Crippen MR) is 149 cm³/mol. The van der Waals surface area contributed by atoms with Gasteiger partial charge in [-0.25, -0.2) is 8.42 Å². The second kappa shape index (κ2) is 13.3. The molecule has 3 aromatic rings. The van der Waals surface area contributed by atoms with Gasteiger partial charge in [0.25, 0.3) is 10.0 Å². The summed E-state index contributed by atoms with van der Waals surface area (Å²) in [5.74, 6) is -0.565. The van der Waals surface area contributed by atoms with E-state index in [1.807, 2.05) is 30.3 Å². The van der Waals surface area contributed by atoms with Gasteiger partial charge in [-0.1, -0.05) is 54.1 Å². The van der Waals surface area contributed by atoms with Gasteiger partial charge >= 0.3 is 0 Å². The Bertz CT molecular complexity index is 1330. The fraction of sp³-hybridized carbons (Fsp3) is 0.286. The van der Waals surface area contributed by atoms with Gasteiger partial charge in [0.15, 0.2) is 0 Å². The number of carbonyl (C=O) groups excluding carboxylic acids is 2. The third-order valence-corrected chi connectivity index (χ3v) is 8.04. The molecule has 1 atom stereocenters. The van der Waals surface area contributed by atoms with Gasteiger partial charge in [0.05, 0.1) is 17.2 Å². The minimum absolute atomic E-state index is 0.0313. The Kier molecular flexibility index (Phi) is 10.2. The van der Waals surface area contributed by atoms with Gasteiger partial charge in [-0.05, 0) is 62.2 Å². The van der Waals surface area contributed by atoms with E-state index < -0.39 is 28.5 Å². The van der Waals surface area contributed by atoms with Gasteiger partial charge in [0.2, 0.25) is 11.8 Å². The largest absolute Gasteiger partial charge is 0.492 e. The van der Waals surface area contributed by atoms with Crippen molar-refractivity contribution in [1.82, 2.24) is 10.2 Å². The highest BCUT2D eigenvalue weighted by Crippen LogP contribution is 2.33. The lowest BCUT2D eigenvalue weighted by atomic mass is 10.1. The molecule has 1 N–H and O–H groups in total. The van der Waals surface area contributed by atoms with Crippen molar-refractivity contribution in [1.29, 1.82) is 0 Å². The van der Waals surface area contributed by atoms with Crippen molar-refractivity contribution >= 4 is 39.1 Å². The zero-order chi connectivity index (χ0) is 27.7. The highest BCUT2D eigenvalue weighted by atomic mass is 35.5. The number of hydrogen-bond donors (Lipinski definition) is 1. The molecule has 0 spiro atoms. The van der Waals surface area contributed by atoms with E-state index in [0.29, 0.717) is 23.8 Å². The van der Waals surface area contributed by atoms with Gasteiger partial charge < -0.3 is 15.0 Å². The van der Waals surface area contributed by atoms with Crippen LogP contribution in [0.5, 0.6) is 5.75 Å². The topological polar surface area (TPSA) is 96.0 Å². The maximum absolute atomic E-state index is 13.9. The van der Waals surface area contributed by atoms with Gasteiger partial charge in [-0.15, -0.1) is 0 Å². The van der Waals surface area contributed by atoms with Crippen molar-refractivity contribution < 1.29 is 22.7 Å². The Labute approximate surface area is 229 Å². The van der Waals surface area contributed by atoms with Crippen LogP contribution in [0.3, 0.4) is 0 Å². The molecule has 8 nitrogen and oxygen atoms in total. The van der Waals surface area contributed by atoms with Crippen LogP contribution in [-0.4, -0.2) is 57.9 Å². The second-order valence-electron chi connectivity index (χ2n) is 8.48. The summed E-state index contributed by atoms with van der Waals surface area (Å²) in [5, 5.41) is 2.96. The third kappa shape index (κ3) is 7.05. The van der Waals surface area contributed by atoms with Crippen LogP contribution in [-0.2, 0) is 26.0 Å². The van der Waals surface area contributed by atoms with Gasteiger partial charge in [0, 0.05) is 18.6 Å². The maximum Gasteiger partial charge on any atom is 0.264 e. The van der Waals surface area contributed by atoms with E-state index in [0.717, 1.165) is 9.87 Å². The van der Waals surface area contributed by atoms with Crippen molar-refractivity contribution in [3.63, 3.8) is 0 Å². The summed E-state index contributed by atoms with van der Waals surface area (Å²) in [4.78, 5) is 27.7. The van der Waals surface area contributed by atoms with Crippen LogP contribution < -0.4 is 14.4 Å². The van der Waals surface area contributed by atoms with E-state index in [-0.39, 0.29) is 23.0 Å². The van der Waals surface area contributed by atoms with E-state index in [9.17, 15) is 18.0 Å². The molecular weight excluding hydrogens is 526 g/mol. The second-order valence-corrected chi connectivity index (χ2v) is 10.8. The lowest BCUT2D eigenvalue weighted by molar-refractivity contribution is -0.138. The first-order valence-electron chi connectivity index (χ1n) is 12.2. The monoisotopic (exact) mass is 557 g/mol. The van der Waals surface area contributed by atoms with Crippen LogP contribution in [0.15, 0.2) is 83.8 Å². The highest BCUT2D eigenvalue weighted by Gasteiger charge is 2.33. The number of nitrogens with zero attached hydrogens (tertiary/aromatic N) is 2. The quantitative estimate of drug-likeness (QED) is 0.361. The Balaban J connectivity index is 2.03. The fourth-order valence-electron chi connectivity index (χ4n) is 3.97. The summed E-state index contributed by atoms with van der Waals surface area (Å²) in [6.07, 6.45) is 0.493. The van der Waals surface area contributed by atoms with Crippen LogP contribution >= 0.6 is 11.6 Å². The van der Waals surface area contributed by atoms with Crippen molar-refractivity contribution in [2.45, 2.75) is 31.2 Å². The van der Waals surface area contributed by atoms with E-state index in [4.69, 9.17) is 16.3 Å². The molecule has 0 aromatic heterocycles. The Morgan fingerprint density at radius 1 is 0.974 bits per heavy atom. The minimum Gasteiger partial charge on any atom is -0.492 e. The summed E-state index contributed by atoms with van der Waals surface area (Å²) in [5.41, 5.74) is 1.20. The van der Waals surface area contributed by atoms with Crippen LogP contribution in [0, 0.1) is 0 Å². The number of amides is 2. The highest BCUT2D eigenvalue weighted by molar-refractivity contribution is 7.92. The summed E-state index contributed by atoms with van der Waals surface area (Å²) >= 11 is 5.99. The van der Waals surface area contributed by atoms with Crippen molar-refractivity contribution in [3.05, 3.63) is 89.4 Å². The zero-order valence-corrected chi connectivity index (χ0v) is 23.2. The lowest BCUT2D eigenvalue weighted by Gasteiger charge is -2.32. The van der Waals surface area contributed by atoms with E-state index in [1.165, 1.54) is 36.2 Å². The van der Waals surface area contributed by atoms with E-state index in [1.54, 1.807) is 38.1 Å². The first-order valence-corrected chi connectivity index (χ1v) is 14.1. The molecule has 0 saturated heterocycles. The first-order chi connectivity index (χ1) is 18.2. The van der Waals surface area contributed by atoms with Gasteiger partial charge in [-0.2, -0.15) is 0 Å². The average Bonchev–Trinajstić information content (AvgIpc) is 2.92. The molecule has 38 heavy (non-hydrogen) atoms. The molecule has 3 aromatic carbocycles. The number of hydrogen-bond acceptors (Lipinski definition) is 5. The number of anilines is 1. The summed E-state index contributed by atoms with van der Waals surface area (Å²) in [6, 6.07) is 21.1. The molecule has 0 aliphatic carbocycles. The number of sulfonamides is 1. The number of nitrogens with one attached hydrogen (secondary N) is 1. The molecule has 0 bridgehead atoms. The number of ether oxygens (including phenoxy) is 1. The molecular formula is C28H32ClN3O5S.